The fourth-order valence-corrected chi connectivity index (χ4v) is 6.07. The average Bonchev–Trinajstić information content (AvgIpc) is 3.58. The number of carbonyl (C=O) groups is 4. The summed E-state index contributed by atoms with van der Waals surface area (Å²) < 4.78 is 11.4. The van der Waals surface area contributed by atoms with E-state index in [1.165, 1.54) is 0 Å². The number of hydrogen-bond acceptors (Lipinski definition) is 10. The first-order chi connectivity index (χ1) is 23.3. The standard InChI is InChI=1S/2C17H13ClN2O3S/c2*18-15-11(10-14-16(21)20-17(22)24-14)4-3-6-13(15)23-9-7-12-5-1-2-8-19-12/h2*1-6,8,10H,7,9H2,(H,20,21,22). The third-order valence-corrected chi connectivity index (χ3v) is 8.96. The summed E-state index contributed by atoms with van der Waals surface area (Å²) in [5, 5.41) is 4.45. The number of carbonyl (C=O) groups excluding carboxylic acids is 4. The largest absolute Gasteiger partial charge is 0.492 e. The minimum absolute atomic E-state index is 0.313. The predicted molar refractivity (Wildman–Crippen MR) is 188 cm³/mol. The van der Waals surface area contributed by atoms with Crippen molar-refractivity contribution in [1.29, 1.82) is 0 Å². The smallest absolute Gasteiger partial charge is 0.290 e. The van der Waals surface area contributed by atoms with Crippen LogP contribution in [0.5, 0.6) is 11.5 Å². The van der Waals surface area contributed by atoms with Crippen LogP contribution >= 0.6 is 46.7 Å². The molecule has 2 aliphatic rings. The van der Waals surface area contributed by atoms with Crippen molar-refractivity contribution in [1.82, 2.24) is 20.6 Å². The van der Waals surface area contributed by atoms with Crippen molar-refractivity contribution in [2.45, 2.75) is 12.8 Å². The van der Waals surface area contributed by atoms with Crippen LogP contribution < -0.4 is 20.1 Å². The number of pyridine rings is 2. The van der Waals surface area contributed by atoms with Crippen LogP contribution in [0.4, 0.5) is 9.59 Å². The molecular formula is C34H26Cl2N4O6S2. The molecule has 244 valence electrons. The zero-order valence-electron chi connectivity index (χ0n) is 25.0. The lowest BCUT2D eigenvalue weighted by molar-refractivity contribution is -0.116. The second-order valence-electron chi connectivity index (χ2n) is 9.86. The van der Waals surface area contributed by atoms with Crippen LogP contribution in [0.2, 0.25) is 10.0 Å². The number of thioether (sulfide) groups is 2. The zero-order valence-corrected chi connectivity index (χ0v) is 28.1. The van der Waals surface area contributed by atoms with Crippen LogP contribution in [0.1, 0.15) is 22.5 Å². The first-order valence-electron chi connectivity index (χ1n) is 14.4. The lowest BCUT2D eigenvalue weighted by atomic mass is 10.2. The van der Waals surface area contributed by atoms with Gasteiger partial charge in [0.15, 0.2) is 0 Å². The molecule has 0 atom stereocenters. The van der Waals surface area contributed by atoms with Gasteiger partial charge < -0.3 is 9.47 Å². The summed E-state index contributed by atoms with van der Waals surface area (Å²) in [6.45, 7) is 0.870. The van der Waals surface area contributed by atoms with E-state index in [0.717, 1.165) is 34.9 Å². The van der Waals surface area contributed by atoms with E-state index in [2.05, 4.69) is 20.6 Å². The molecule has 2 aliphatic heterocycles. The highest BCUT2D eigenvalue weighted by Gasteiger charge is 2.26. The van der Waals surface area contributed by atoms with Crippen molar-refractivity contribution in [3.63, 3.8) is 0 Å². The van der Waals surface area contributed by atoms with Gasteiger partial charge in [-0.25, -0.2) is 0 Å². The molecule has 0 bridgehead atoms. The van der Waals surface area contributed by atoms with E-state index in [1.54, 1.807) is 60.9 Å². The summed E-state index contributed by atoms with van der Waals surface area (Å²) in [6, 6.07) is 22.0. The van der Waals surface area contributed by atoms with E-state index < -0.39 is 11.8 Å². The van der Waals surface area contributed by atoms with Gasteiger partial charge in [-0.15, -0.1) is 0 Å². The lowest BCUT2D eigenvalue weighted by Crippen LogP contribution is -2.17. The monoisotopic (exact) mass is 720 g/mol. The highest BCUT2D eigenvalue weighted by Crippen LogP contribution is 2.34. The van der Waals surface area contributed by atoms with Crippen molar-refractivity contribution in [2.75, 3.05) is 13.2 Å². The van der Waals surface area contributed by atoms with Crippen LogP contribution in [0.15, 0.2) is 95.0 Å². The molecule has 48 heavy (non-hydrogen) atoms. The Bertz CT molecular complexity index is 1750. The second-order valence-corrected chi connectivity index (χ2v) is 12.6. The Balaban J connectivity index is 0.000000188. The number of imide groups is 2. The van der Waals surface area contributed by atoms with Gasteiger partial charge in [0.2, 0.25) is 0 Å². The molecule has 4 heterocycles. The maximum absolute atomic E-state index is 11.6. The highest BCUT2D eigenvalue weighted by atomic mass is 35.5. The maximum atomic E-state index is 11.6. The number of amides is 4. The normalized spacial score (nSPS) is 15.6. The average molecular weight is 722 g/mol. The molecule has 0 saturated carbocycles. The van der Waals surface area contributed by atoms with Crippen molar-refractivity contribution in [2.24, 2.45) is 0 Å². The van der Waals surface area contributed by atoms with Gasteiger partial charge in [0.05, 0.1) is 33.1 Å². The SMILES string of the molecule is O=C1NC(=O)C(=Cc2cccc(OCCc3ccccn3)c2Cl)S1.O=C1NC(=O)C(=Cc2cccc(OCCc3ccccn3)c2Cl)S1. The van der Waals surface area contributed by atoms with Crippen molar-refractivity contribution >= 4 is 81.2 Å². The molecule has 14 heteroatoms. The van der Waals surface area contributed by atoms with E-state index in [-0.39, 0.29) is 10.5 Å². The molecule has 2 N–H and O–H groups in total. The van der Waals surface area contributed by atoms with Gasteiger partial charge in [-0.1, -0.05) is 59.6 Å². The summed E-state index contributed by atoms with van der Waals surface area (Å²) in [4.78, 5) is 54.7. The van der Waals surface area contributed by atoms with E-state index in [1.807, 2.05) is 36.4 Å². The molecule has 0 aliphatic carbocycles. The second kappa shape index (κ2) is 17.0. The minimum atomic E-state index is -0.414. The van der Waals surface area contributed by atoms with E-state index in [0.29, 0.717) is 68.5 Å². The van der Waals surface area contributed by atoms with Gasteiger partial charge in [0.1, 0.15) is 11.5 Å². The van der Waals surface area contributed by atoms with Crippen LogP contribution in [0, 0.1) is 0 Å². The Labute approximate surface area is 294 Å². The fourth-order valence-electron chi connectivity index (χ4n) is 4.25. The van der Waals surface area contributed by atoms with Crippen LogP contribution in [-0.4, -0.2) is 45.5 Å². The van der Waals surface area contributed by atoms with Gasteiger partial charge in [-0.3, -0.25) is 39.8 Å². The molecule has 6 rings (SSSR count). The Kier molecular flexibility index (Phi) is 12.3. The molecule has 2 aromatic carbocycles. The number of hydrogen-bond donors (Lipinski definition) is 2. The predicted octanol–water partition coefficient (Wildman–Crippen LogP) is 7.36. The molecule has 2 fully saturated rings. The van der Waals surface area contributed by atoms with Crippen molar-refractivity contribution in [3.05, 3.63) is 128 Å². The summed E-state index contributed by atoms with van der Waals surface area (Å²) in [6.07, 6.45) is 7.96. The molecule has 0 radical (unpaired) electrons. The Morgan fingerprint density at radius 1 is 0.604 bits per heavy atom. The van der Waals surface area contributed by atoms with Crippen LogP contribution in [0.25, 0.3) is 12.2 Å². The van der Waals surface area contributed by atoms with E-state index in [9.17, 15) is 19.2 Å². The Hall–Kier alpha value is -4.62. The molecule has 2 aromatic heterocycles. The Morgan fingerprint density at radius 3 is 1.40 bits per heavy atom. The third-order valence-electron chi connectivity index (χ3n) is 6.53. The molecule has 0 spiro atoms. The topological polar surface area (TPSA) is 137 Å². The molecule has 10 nitrogen and oxygen atoms in total. The summed E-state index contributed by atoms with van der Waals surface area (Å²) in [7, 11) is 0. The number of rotatable bonds is 10. The summed E-state index contributed by atoms with van der Waals surface area (Å²) in [5.41, 5.74) is 3.12. The number of halogens is 2. The van der Waals surface area contributed by atoms with Gasteiger partial charge >= 0.3 is 0 Å². The van der Waals surface area contributed by atoms with Crippen LogP contribution in [0.3, 0.4) is 0 Å². The van der Waals surface area contributed by atoms with Crippen LogP contribution in [-0.2, 0) is 22.4 Å². The number of nitrogens with one attached hydrogen (secondary N) is 2. The van der Waals surface area contributed by atoms with E-state index in [4.69, 9.17) is 32.7 Å². The number of ether oxygens (including phenoxy) is 2. The van der Waals surface area contributed by atoms with Gasteiger partial charge in [-0.05, 0) is 83.2 Å². The first-order valence-corrected chi connectivity index (χ1v) is 16.8. The van der Waals surface area contributed by atoms with Gasteiger partial charge in [-0.2, -0.15) is 0 Å². The molecule has 4 amide bonds. The number of aromatic nitrogens is 2. The van der Waals surface area contributed by atoms with E-state index >= 15 is 0 Å². The number of benzene rings is 2. The molecule has 0 unspecified atom stereocenters. The third kappa shape index (κ3) is 9.71. The molecule has 4 aromatic rings. The highest BCUT2D eigenvalue weighted by molar-refractivity contribution is 8.18. The van der Waals surface area contributed by atoms with Gasteiger partial charge in [0.25, 0.3) is 22.3 Å². The molecule has 2 saturated heterocycles. The number of nitrogens with zero attached hydrogens (tertiary/aromatic N) is 2. The molecular weight excluding hydrogens is 695 g/mol. The Morgan fingerprint density at radius 2 is 1.04 bits per heavy atom. The van der Waals surface area contributed by atoms with Crippen molar-refractivity contribution < 1.29 is 28.7 Å². The zero-order chi connectivity index (χ0) is 33.9. The van der Waals surface area contributed by atoms with Crippen molar-refractivity contribution in [3.8, 4) is 11.5 Å². The summed E-state index contributed by atoms with van der Waals surface area (Å²) in [5.74, 6) is 0.221. The quantitative estimate of drug-likeness (QED) is 0.160. The summed E-state index contributed by atoms with van der Waals surface area (Å²) >= 11 is 14.4. The minimum Gasteiger partial charge on any atom is -0.492 e. The maximum Gasteiger partial charge on any atom is 0.290 e. The van der Waals surface area contributed by atoms with Gasteiger partial charge in [0, 0.05) is 36.6 Å². The lowest BCUT2D eigenvalue weighted by Gasteiger charge is -2.09. The fraction of sp³-hybridized carbons (Fsp3) is 0.118. The first kappa shape index (κ1) is 34.7.